The number of aromatic nitrogens is 1. The van der Waals surface area contributed by atoms with Crippen LogP contribution in [-0.2, 0) is 0 Å². The largest absolute Gasteiger partial charge is 0.493 e. The van der Waals surface area contributed by atoms with Gasteiger partial charge in [0.15, 0.2) is 11.5 Å². The van der Waals surface area contributed by atoms with Crippen LogP contribution in [0.3, 0.4) is 0 Å². The Labute approximate surface area is 80.7 Å². The molecule has 0 aliphatic heterocycles. The molecule has 5 heteroatoms. The molecule has 0 saturated heterocycles. The van der Waals surface area contributed by atoms with Gasteiger partial charge in [-0.15, -0.1) is 0 Å². The number of halogens is 2. The van der Waals surface area contributed by atoms with Crippen LogP contribution in [0.1, 0.15) is 17.8 Å². The molecule has 3 nitrogen and oxygen atoms in total. The monoisotopic (exact) mass is 203 g/mol. The van der Waals surface area contributed by atoms with Crippen LogP contribution in [0.4, 0.5) is 8.78 Å². The molecule has 1 aromatic heterocycles. The highest BCUT2D eigenvalue weighted by atomic mass is 19.3. The van der Waals surface area contributed by atoms with Crippen LogP contribution in [0.25, 0.3) is 0 Å². The standard InChI is InChI=1S/C9H11F2NO2/c1-5-8(14-3)7(13-2)4-6(12-5)9(10)11/h4,9H,1-3H3. The Balaban J connectivity index is 3.24. The molecule has 78 valence electrons. The van der Waals surface area contributed by atoms with Gasteiger partial charge in [-0.3, -0.25) is 0 Å². The van der Waals surface area contributed by atoms with E-state index in [0.29, 0.717) is 11.4 Å². The summed E-state index contributed by atoms with van der Waals surface area (Å²) >= 11 is 0. The summed E-state index contributed by atoms with van der Waals surface area (Å²) in [5, 5.41) is 0. The third-order valence-corrected chi connectivity index (χ3v) is 1.78. The predicted molar refractivity (Wildman–Crippen MR) is 47.0 cm³/mol. The molecule has 0 spiro atoms. The number of rotatable bonds is 3. The summed E-state index contributed by atoms with van der Waals surface area (Å²) in [5.41, 5.74) is 0.0855. The number of methoxy groups -OCH3 is 2. The molecular formula is C9H11F2NO2. The highest BCUT2D eigenvalue weighted by Crippen LogP contribution is 2.32. The van der Waals surface area contributed by atoms with Crippen molar-refractivity contribution in [3.63, 3.8) is 0 Å². The second-order valence-corrected chi connectivity index (χ2v) is 2.67. The molecule has 0 N–H and O–H groups in total. The minimum atomic E-state index is -2.60. The van der Waals surface area contributed by atoms with Crippen molar-refractivity contribution < 1.29 is 18.3 Å². The molecule has 1 heterocycles. The lowest BCUT2D eigenvalue weighted by molar-refractivity contribution is 0.145. The van der Waals surface area contributed by atoms with Crippen LogP contribution in [0.2, 0.25) is 0 Å². The molecular weight excluding hydrogens is 192 g/mol. The number of ether oxygens (including phenoxy) is 2. The summed E-state index contributed by atoms with van der Waals surface area (Å²) in [6.45, 7) is 1.59. The Morgan fingerprint density at radius 2 is 1.93 bits per heavy atom. The van der Waals surface area contributed by atoms with Crippen LogP contribution >= 0.6 is 0 Å². The van der Waals surface area contributed by atoms with Gasteiger partial charge in [-0.1, -0.05) is 0 Å². The van der Waals surface area contributed by atoms with Gasteiger partial charge in [0.1, 0.15) is 5.69 Å². The van der Waals surface area contributed by atoms with E-state index in [2.05, 4.69) is 4.98 Å². The Kier molecular flexibility index (Phi) is 3.22. The maximum atomic E-state index is 12.3. The van der Waals surface area contributed by atoms with Crippen LogP contribution in [-0.4, -0.2) is 19.2 Å². The van der Waals surface area contributed by atoms with Gasteiger partial charge >= 0.3 is 0 Å². The van der Waals surface area contributed by atoms with E-state index in [4.69, 9.17) is 9.47 Å². The molecule has 1 rings (SSSR count). The lowest BCUT2D eigenvalue weighted by atomic mass is 10.2. The van der Waals surface area contributed by atoms with Gasteiger partial charge in [-0.2, -0.15) is 0 Å². The fourth-order valence-electron chi connectivity index (χ4n) is 1.17. The minimum absolute atomic E-state index is 0.273. The zero-order chi connectivity index (χ0) is 10.7. The molecule has 1 aromatic rings. The average Bonchev–Trinajstić information content (AvgIpc) is 2.16. The zero-order valence-corrected chi connectivity index (χ0v) is 8.17. The topological polar surface area (TPSA) is 31.4 Å². The number of hydrogen-bond donors (Lipinski definition) is 0. The van der Waals surface area contributed by atoms with Crippen LogP contribution in [0, 0.1) is 6.92 Å². The van der Waals surface area contributed by atoms with Gasteiger partial charge in [-0.25, -0.2) is 13.8 Å². The van der Waals surface area contributed by atoms with Crippen LogP contribution < -0.4 is 9.47 Å². The van der Waals surface area contributed by atoms with Crippen molar-refractivity contribution in [2.45, 2.75) is 13.3 Å². The first kappa shape index (κ1) is 10.7. The average molecular weight is 203 g/mol. The van der Waals surface area contributed by atoms with E-state index in [1.165, 1.54) is 20.3 Å². The van der Waals surface area contributed by atoms with Gasteiger partial charge in [0, 0.05) is 6.07 Å². The van der Waals surface area contributed by atoms with E-state index >= 15 is 0 Å². The van der Waals surface area contributed by atoms with Crippen molar-refractivity contribution in [3.05, 3.63) is 17.5 Å². The normalized spacial score (nSPS) is 10.4. The highest BCUT2D eigenvalue weighted by Gasteiger charge is 2.16. The molecule has 0 atom stereocenters. The third-order valence-electron chi connectivity index (χ3n) is 1.78. The second kappa shape index (κ2) is 4.21. The molecule has 0 saturated carbocycles. The fraction of sp³-hybridized carbons (Fsp3) is 0.444. The molecule has 0 bridgehead atoms. The molecule has 0 aromatic carbocycles. The Hall–Kier alpha value is -1.39. The molecule has 0 aliphatic carbocycles. The number of alkyl halides is 2. The Morgan fingerprint density at radius 1 is 1.29 bits per heavy atom. The predicted octanol–water partition coefficient (Wildman–Crippen LogP) is 2.34. The van der Waals surface area contributed by atoms with Crippen molar-refractivity contribution in [1.82, 2.24) is 4.98 Å². The van der Waals surface area contributed by atoms with Gasteiger partial charge in [0.05, 0.1) is 19.9 Å². The summed E-state index contributed by atoms with van der Waals surface area (Å²) in [6.07, 6.45) is -2.60. The van der Waals surface area contributed by atoms with Crippen molar-refractivity contribution in [2.75, 3.05) is 14.2 Å². The maximum Gasteiger partial charge on any atom is 0.280 e. The van der Waals surface area contributed by atoms with Crippen LogP contribution in [0.15, 0.2) is 6.07 Å². The SMILES string of the molecule is COc1cc(C(F)F)nc(C)c1OC. The minimum Gasteiger partial charge on any atom is -0.493 e. The fourth-order valence-corrected chi connectivity index (χ4v) is 1.17. The van der Waals surface area contributed by atoms with E-state index < -0.39 is 6.43 Å². The molecule has 0 aliphatic rings. The van der Waals surface area contributed by atoms with E-state index in [1.54, 1.807) is 6.92 Å². The summed E-state index contributed by atoms with van der Waals surface area (Å²) in [4.78, 5) is 3.70. The first-order valence-electron chi connectivity index (χ1n) is 3.97. The van der Waals surface area contributed by atoms with Crippen LogP contribution in [0.5, 0.6) is 11.5 Å². The number of aryl methyl sites for hydroxylation is 1. The van der Waals surface area contributed by atoms with E-state index in [9.17, 15) is 8.78 Å². The van der Waals surface area contributed by atoms with Crippen molar-refractivity contribution >= 4 is 0 Å². The molecule has 0 fully saturated rings. The van der Waals surface area contributed by atoms with Gasteiger partial charge in [-0.05, 0) is 6.92 Å². The van der Waals surface area contributed by atoms with E-state index in [-0.39, 0.29) is 11.4 Å². The quantitative estimate of drug-likeness (QED) is 0.755. The van der Waals surface area contributed by atoms with E-state index in [1.807, 2.05) is 0 Å². The van der Waals surface area contributed by atoms with Gasteiger partial charge in [0.2, 0.25) is 0 Å². The van der Waals surface area contributed by atoms with E-state index in [0.717, 1.165) is 0 Å². The molecule has 0 unspecified atom stereocenters. The zero-order valence-electron chi connectivity index (χ0n) is 8.17. The first-order chi connectivity index (χ1) is 6.60. The summed E-state index contributed by atoms with van der Waals surface area (Å²) in [6, 6.07) is 1.18. The van der Waals surface area contributed by atoms with Gasteiger partial charge < -0.3 is 9.47 Å². The smallest absolute Gasteiger partial charge is 0.280 e. The maximum absolute atomic E-state index is 12.3. The second-order valence-electron chi connectivity index (χ2n) is 2.67. The molecule has 0 radical (unpaired) electrons. The summed E-state index contributed by atoms with van der Waals surface area (Å²) < 4.78 is 34.6. The third kappa shape index (κ3) is 1.92. The summed E-state index contributed by atoms with van der Waals surface area (Å²) in [5.74, 6) is 0.659. The van der Waals surface area contributed by atoms with Crippen molar-refractivity contribution in [1.29, 1.82) is 0 Å². The number of nitrogens with zero attached hydrogens (tertiary/aromatic N) is 1. The highest BCUT2D eigenvalue weighted by molar-refractivity contribution is 5.44. The number of hydrogen-bond acceptors (Lipinski definition) is 3. The van der Waals surface area contributed by atoms with Gasteiger partial charge in [0.25, 0.3) is 6.43 Å². The Morgan fingerprint density at radius 3 is 2.36 bits per heavy atom. The van der Waals surface area contributed by atoms with Crippen molar-refractivity contribution in [2.24, 2.45) is 0 Å². The first-order valence-corrected chi connectivity index (χ1v) is 3.97. The van der Waals surface area contributed by atoms with Crippen molar-refractivity contribution in [3.8, 4) is 11.5 Å². The molecule has 14 heavy (non-hydrogen) atoms. The molecule has 0 amide bonds. The lowest BCUT2D eigenvalue weighted by Crippen LogP contribution is -1.99. The lowest BCUT2D eigenvalue weighted by Gasteiger charge is -2.11. The summed E-state index contributed by atoms with van der Waals surface area (Å²) in [7, 11) is 2.83. The Bertz CT molecular complexity index is 329. The number of pyridine rings is 1.